The zero-order valence-corrected chi connectivity index (χ0v) is 22.3. The molecule has 4 heterocycles. The first-order valence-electron chi connectivity index (χ1n) is 13.6. The van der Waals surface area contributed by atoms with Gasteiger partial charge in [-0.25, -0.2) is 4.99 Å². The number of para-hydroxylation sites is 1. The number of aromatic nitrogens is 2. The zero-order chi connectivity index (χ0) is 28.3. The summed E-state index contributed by atoms with van der Waals surface area (Å²) in [7, 11) is 1.79. The second kappa shape index (κ2) is 9.50. The van der Waals surface area contributed by atoms with Gasteiger partial charge in [-0.05, 0) is 49.1 Å². The summed E-state index contributed by atoms with van der Waals surface area (Å²) in [6, 6.07) is 20.2. The van der Waals surface area contributed by atoms with Gasteiger partial charge in [0.05, 0.1) is 29.0 Å². The number of pyridine rings is 1. The minimum absolute atomic E-state index is 0.101. The Balaban J connectivity index is 1.24. The fourth-order valence-corrected chi connectivity index (χ4v) is 6.09. The summed E-state index contributed by atoms with van der Waals surface area (Å²) in [5, 5.41) is 3.49. The number of alkyl halides is 3. The van der Waals surface area contributed by atoms with Crippen LogP contribution < -0.4 is 10.2 Å². The van der Waals surface area contributed by atoms with Crippen LogP contribution in [0.5, 0.6) is 0 Å². The molecule has 0 bridgehead atoms. The number of amides is 1. The lowest BCUT2D eigenvalue weighted by atomic mass is 10.1. The Morgan fingerprint density at radius 1 is 1.00 bits per heavy atom. The number of benzene rings is 2. The SMILES string of the molecule is CN1C(=O)c2c(cn(Cc3ccc(-c4ccc(C(F)(F)F)cn4)cc3)c2Nc2ccccc2)N2C1=N[C@@H]1CCC[C@@H]12. The highest BCUT2D eigenvalue weighted by atomic mass is 19.4. The summed E-state index contributed by atoms with van der Waals surface area (Å²) >= 11 is 0. The third-order valence-electron chi connectivity index (χ3n) is 8.14. The molecule has 0 radical (unpaired) electrons. The van der Waals surface area contributed by atoms with Crippen molar-refractivity contribution in [1.82, 2.24) is 14.5 Å². The molecule has 2 aromatic heterocycles. The highest BCUT2D eigenvalue weighted by Gasteiger charge is 2.48. The number of nitrogens with zero attached hydrogens (tertiary/aromatic N) is 5. The molecule has 7 nitrogen and oxygen atoms in total. The van der Waals surface area contributed by atoms with Crippen molar-refractivity contribution in [3.63, 3.8) is 0 Å². The molecule has 2 aliphatic heterocycles. The van der Waals surface area contributed by atoms with E-state index in [1.807, 2.05) is 60.8 Å². The molecule has 1 amide bonds. The fraction of sp³-hybridized carbons (Fsp3) is 0.258. The van der Waals surface area contributed by atoms with Crippen LogP contribution in [-0.2, 0) is 12.7 Å². The van der Waals surface area contributed by atoms with Gasteiger partial charge in [-0.3, -0.25) is 14.7 Å². The van der Waals surface area contributed by atoms with Crippen LogP contribution in [0.2, 0.25) is 0 Å². The minimum atomic E-state index is -4.42. The van der Waals surface area contributed by atoms with Crippen molar-refractivity contribution in [3.05, 3.63) is 95.8 Å². The first-order chi connectivity index (χ1) is 19.8. The summed E-state index contributed by atoms with van der Waals surface area (Å²) in [6.45, 7) is 0.480. The molecular weight excluding hydrogens is 529 g/mol. The molecule has 1 saturated carbocycles. The van der Waals surface area contributed by atoms with Crippen molar-refractivity contribution in [1.29, 1.82) is 0 Å². The van der Waals surface area contributed by atoms with E-state index in [0.717, 1.165) is 54.0 Å². The molecular formula is C31H27F3N6O. The Hall–Kier alpha value is -4.60. The Bertz CT molecular complexity index is 1640. The lowest BCUT2D eigenvalue weighted by Gasteiger charge is -2.35. The number of aliphatic imine (C=N–C) groups is 1. The Morgan fingerprint density at radius 3 is 2.49 bits per heavy atom. The van der Waals surface area contributed by atoms with Crippen LogP contribution in [0.3, 0.4) is 0 Å². The van der Waals surface area contributed by atoms with E-state index in [0.29, 0.717) is 29.6 Å². The Morgan fingerprint density at radius 2 is 1.78 bits per heavy atom. The molecule has 0 unspecified atom stereocenters. The largest absolute Gasteiger partial charge is 0.417 e. The highest BCUT2D eigenvalue weighted by Crippen LogP contribution is 2.44. The lowest BCUT2D eigenvalue weighted by molar-refractivity contribution is -0.137. The van der Waals surface area contributed by atoms with E-state index in [1.165, 1.54) is 6.07 Å². The van der Waals surface area contributed by atoms with Crippen LogP contribution in [0, 0.1) is 0 Å². The monoisotopic (exact) mass is 556 g/mol. The van der Waals surface area contributed by atoms with Crippen LogP contribution in [0.1, 0.15) is 40.7 Å². The van der Waals surface area contributed by atoms with E-state index < -0.39 is 11.7 Å². The molecule has 208 valence electrons. The van der Waals surface area contributed by atoms with Crippen LogP contribution in [-0.4, -0.2) is 45.4 Å². The average Bonchev–Trinajstić information content (AvgIpc) is 3.66. The number of nitrogens with one attached hydrogen (secondary N) is 1. The van der Waals surface area contributed by atoms with E-state index in [2.05, 4.69) is 19.8 Å². The second-order valence-electron chi connectivity index (χ2n) is 10.7. The number of hydrogen-bond donors (Lipinski definition) is 1. The predicted octanol–water partition coefficient (Wildman–Crippen LogP) is 6.54. The first kappa shape index (κ1) is 25.4. The molecule has 2 atom stereocenters. The van der Waals surface area contributed by atoms with Gasteiger partial charge in [0.15, 0.2) is 0 Å². The molecule has 0 saturated heterocycles. The van der Waals surface area contributed by atoms with Crippen LogP contribution in [0.15, 0.2) is 84.1 Å². The maximum absolute atomic E-state index is 13.7. The molecule has 10 heteroatoms. The van der Waals surface area contributed by atoms with E-state index in [9.17, 15) is 18.0 Å². The number of anilines is 3. The van der Waals surface area contributed by atoms with Crippen molar-refractivity contribution in [3.8, 4) is 11.3 Å². The van der Waals surface area contributed by atoms with Crippen molar-refractivity contribution in [2.45, 2.75) is 44.1 Å². The molecule has 2 aromatic carbocycles. The van der Waals surface area contributed by atoms with Crippen molar-refractivity contribution < 1.29 is 18.0 Å². The smallest absolute Gasteiger partial charge is 0.341 e. The van der Waals surface area contributed by atoms with Crippen molar-refractivity contribution >= 4 is 29.1 Å². The topological polar surface area (TPSA) is 65.8 Å². The third kappa shape index (κ3) is 4.34. The van der Waals surface area contributed by atoms with E-state index in [-0.39, 0.29) is 18.0 Å². The summed E-state index contributed by atoms with van der Waals surface area (Å²) in [5.74, 6) is 1.32. The second-order valence-corrected chi connectivity index (χ2v) is 10.7. The fourth-order valence-electron chi connectivity index (χ4n) is 6.09. The van der Waals surface area contributed by atoms with Crippen molar-refractivity contribution in [2.75, 3.05) is 17.3 Å². The number of carbonyl (C=O) groups is 1. The standard InChI is InChI=1S/C31H27F3N6O/c1-38-29(41)27-26(40-25-9-5-8-24(25)37-30(38)40)18-39(28(27)36-22-6-3-2-4-7-22)17-19-10-12-20(13-11-19)23-15-14-21(16-35-23)31(32,33)34/h2-4,6-7,10-16,18,24-25,36H,5,8-9,17H2,1H3/t24-,25+/m1/s1. The normalized spacial score (nSPS) is 19.6. The number of carbonyl (C=O) groups excluding carboxylic acids is 1. The molecule has 1 aliphatic carbocycles. The van der Waals surface area contributed by atoms with Crippen molar-refractivity contribution in [2.24, 2.45) is 4.99 Å². The summed E-state index contributed by atoms with van der Waals surface area (Å²) in [5.41, 5.74) is 3.74. The quantitative estimate of drug-likeness (QED) is 0.303. The van der Waals surface area contributed by atoms with Gasteiger partial charge in [-0.15, -0.1) is 0 Å². The summed E-state index contributed by atoms with van der Waals surface area (Å²) in [6.07, 6.45) is 1.64. The summed E-state index contributed by atoms with van der Waals surface area (Å²) < 4.78 is 40.9. The van der Waals surface area contributed by atoms with Gasteiger partial charge < -0.3 is 14.8 Å². The number of halogens is 3. The van der Waals surface area contributed by atoms with Gasteiger partial charge in [-0.2, -0.15) is 13.2 Å². The molecule has 4 aromatic rings. The van der Waals surface area contributed by atoms with Gasteiger partial charge in [0, 0.05) is 37.2 Å². The van der Waals surface area contributed by atoms with E-state index in [1.54, 1.807) is 11.9 Å². The summed E-state index contributed by atoms with van der Waals surface area (Å²) in [4.78, 5) is 26.6. The zero-order valence-electron chi connectivity index (χ0n) is 22.3. The van der Waals surface area contributed by atoms with Gasteiger partial charge in [0.1, 0.15) is 11.4 Å². The average molecular weight is 557 g/mol. The lowest BCUT2D eigenvalue weighted by Crippen LogP contribution is -2.51. The predicted molar refractivity (Wildman–Crippen MR) is 151 cm³/mol. The molecule has 7 rings (SSSR count). The molecule has 0 spiro atoms. The third-order valence-corrected chi connectivity index (χ3v) is 8.14. The highest BCUT2D eigenvalue weighted by molar-refractivity contribution is 6.22. The first-order valence-corrected chi connectivity index (χ1v) is 13.6. The Kier molecular flexibility index (Phi) is 5.88. The molecule has 1 N–H and O–H groups in total. The molecule has 1 fully saturated rings. The maximum Gasteiger partial charge on any atom is 0.417 e. The maximum atomic E-state index is 13.7. The van der Waals surface area contributed by atoms with Crippen LogP contribution in [0.25, 0.3) is 11.3 Å². The molecule has 41 heavy (non-hydrogen) atoms. The van der Waals surface area contributed by atoms with Crippen LogP contribution >= 0.6 is 0 Å². The van der Waals surface area contributed by atoms with Gasteiger partial charge in [0.2, 0.25) is 5.96 Å². The van der Waals surface area contributed by atoms with Gasteiger partial charge >= 0.3 is 6.18 Å². The van der Waals surface area contributed by atoms with Gasteiger partial charge in [-0.1, -0.05) is 42.5 Å². The van der Waals surface area contributed by atoms with Crippen LogP contribution in [0.4, 0.5) is 30.4 Å². The van der Waals surface area contributed by atoms with E-state index in [4.69, 9.17) is 4.99 Å². The number of rotatable bonds is 5. The van der Waals surface area contributed by atoms with Gasteiger partial charge in [0.25, 0.3) is 5.91 Å². The number of hydrogen-bond acceptors (Lipinski definition) is 5. The number of fused-ring (bicyclic) bond motifs is 5. The Labute approximate surface area is 234 Å². The van der Waals surface area contributed by atoms with E-state index >= 15 is 0 Å². The minimum Gasteiger partial charge on any atom is -0.341 e. The number of guanidine groups is 1. The molecule has 3 aliphatic rings.